The highest BCUT2D eigenvalue weighted by Gasteiger charge is 2.34. The molecule has 1 amide bonds. The summed E-state index contributed by atoms with van der Waals surface area (Å²) < 4.78 is 0. The van der Waals surface area contributed by atoms with Gasteiger partial charge in [-0.25, -0.2) is 4.79 Å². The van der Waals surface area contributed by atoms with Crippen molar-refractivity contribution in [3.05, 3.63) is 23.0 Å². The fraction of sp³-hybridized carbons (Fsp3) is 0.455. The molecule has 5 nitrogen and oxygen atoms in total. The van der Waals surface area contributed by atoms with Crippen LogP contribution in [0.1, 0.15) is 37.2 Å². The van der Waals surface area contributed by atoms with E-state index in [4.69, 9.17) is 16.7 Å². The Morgan fingerprint density at radius 1 is 1.59 bits per heavy atom. The molecule has 1 unspecified atom stereocenters. The van der Waals surface area contributed by atoms with Gasteiger partial charge >= 0.3 is 5.97 Å². The summed E-state index contributed by atoms with van der Waals surface area (Å²) in [5.41, 5.74) is -1.01. The number of aromatic nitrogens is 1. The van der Waals surface area contributed by atoms with Gasteiger partial charge in [-0.1, -0.05) is 24.9 Å². The number of carboxylic acid groups (broad SMARTS) is 1. The second-order valence-corrected chi connectivity index (χ2v) is 4.51. The van der Waals surface area contributed by atoms with Gasteiger partial charge in [0.05, 0.1) is 5.02 Å². The minimum Gasteiger partial charge on any atom is -0.480 e. The largest absolute Gasteiger partial charge is 0.480 e. The van der Waals surface area contributed by atoms with Crippen LogP contribution in [0.3, 0.4) is 0 Å². The zero-order valence-corrected chi connectivity index (χ0v) is 10.5. The van der Waals surface area contributed by atoms with Gasteiger partial charge in [0.2, 0.25) is 0 Å². The van der Waals surface area contributed by atoms with E-state index in [1.165, 1.54) is 19.2 Å². The highest BCUT2D eigenvalue weighted by Crippen LogP contribution is 2.15. The number of nitrogens with one attached hydrogen (secondary N) is 2. The molecule has 1 aromatic rings. The fourth-order valence-electron chi connectivity index (χ4n) is 1.54. The number of hydrogen-bond donors (Lipinski definition) is 3. The molecule has 3 N–H and O–H groups in total. The predicted octanol–water partition coefficient (Wildman–Crippen LogP) is 2.04. The Morgan fingerprint density at radius 2 is 2.24 bits per heavy atom. The van der Waals surface area contributed by atoms with Crippen molar-refractivity contribution in [1.29, 1.82) is 0 Å². The Hall–Kier alpha value is -1.49. The van der Waals surface area contributed by atoms with E-state index in [9.17, 15) is 9.59 Å². The quantitative estimate of drug-likeness (QED) is 0.756. The van der Waals surface area contributed by atoms with E-state index in [0.717, 1.165) is 0 Å². The Labute approximate surface area is 104 Å². The second-order valence-electron chi connectivity index (χ2n) is 4.07. The summed E-state index contributed by atoms with van der Waals surface area (Å²) in [5.74, 6) is -1.53. The number of rotatable bonds is 5. The van der Waals surface area contributed by atoms with Crippen LogP contribution in [0.5, 0.6) is 0 Å². The Balaban J connectivity index is 2.81. The van der Waals surface area contributed by atoms with Crippen molar-refractivity contribution in [3.8, 4) is 0 Å². The first-order chi connectivity index (χ1) is 7.89. The summed E-state index contributed by atoms with van der Waals surface area (Å²) in [5, 5.41) is 12.0. The summed E-state index contributed by atoms with van der Waals surface area (Å²) >= 11 is 5.67. The number of hydrogen-bond acceptors (Lipinski definition) is 2. The summed E-state index contributed by atoms with van der Waals surface area (Å²) in [4.78, 5) is 25.6. The first kappa shape index (κ1) is 13.6. The van der Waals surface area contributed by atoms with Gasteiger partial charge in [-0.05, 0) is 19.4 Å². The Morgan fingerprint density at radius 3 is 2.65 bits per heavy atom. The van der Waals surface area contributed by atoms with Gasteiger partial charge in [-0.3, -0.25) is 4.79 Å². The minimum absolute atomic E-state index is 0.249. The molecule has 1 heterocycles. The number of amides is 1. The van der Waals surface area contributed by atoms with Crippen LogP contribution < -0.4 is 5.32 Å². The van der Waals surface area contributed by atoms with Crippen LogP contribution in [0.2, 0.25) is 5.02 Å². The van der Waals surface area contributed by atoms with Crippen molar-refractivity contribution in [2.75, 3.05) is 0 Å². The SMILES string of the molecule is CCCC(C)(NC(=O)c1cc(Cl)c[nH]1)C(=O)O. The van der Waals surface area contributed by atoms with Crippen LogP contribution in [-0.4, -0.2) is 27.5 Å². The van der Waals surface area contributed by atoms with E-state index in [2.05, 4.69) is 10.3 Å². The zero-order valence-electron chi connectivity index (χ0n) is 9.71. The average molecular weight is 259 g/mol. The Bertz CT molecular complexity index is 430. The maximum atomic E-state index is 11.8. The lowest BCUT2D eigenvalue weighted by Crippen LogP contribution is -2.52. The maximum Gasteiger partial charge on any atom is 0.329 e. The molecule has 0 saturated carbocycles. The summed E-state index contributed by atoms with van der Waals surface area (Å²) in [6.07, 6.45) is 2.49. The number of carbonyl (C=O) groups is 2. The highest BCUT2D eigenvalue weighted by molar-refractivity contribution is 6.31. The zero-order chi connectivity index (χ0) is 13.1. The van der Waals surface area contributed by atoms with E-state index in [-0.39, 0.29) is 5.69 Å². The molecule has 94 valence electrons. The van der Waals surface area contributed by atoms with Gasteiger partial charge in [0, 0.05) is 6.20 Å². The van der Waals surface area contributed by atoms with Crippen LogP contribution in [0.4, 0.5) is 0 Å². The first-order valence-corrected chi connectivity index (χ1v) is 5.66. The van der Waals surface area contributed by atoms with Crippen molar-refractivity contribution in [2.45, 2.75) is 32.2 Å². The van der Waals surface area contributed by atoms with Crippen molar-refractivity contribution < 1.29 is 14.7 Å². The number of H-pyrrole nitrogens is 1. The molecular weight excluding hydrogens is 244 g/mol. The normalized spacial score (nSPS) is 14.1. The third-order valence-corrected chi connectivity index (χ3v) is 2.72. The first-order valence-electron chi connectivity index (χ1n) is 5.29. The lowest BCUT2D eigenvalue weighted by atomic mass is 9.96. The predicted molar refractivity (Wildman–Crippen MR) is 64.2 cm³/mol. The molecule has 0 aromatic carbocycles. The minimum atomic E-state index is -1.26. The molecular formula is C11H15ClN2O3. The van der Waals surface area contributed by atoms with Crippen LogP contribution in [0.25, 0.3) is 0 Å². The van der Waals surface area contributed by atoms with Crippen molar-refractivity contribution in [1.82, 2.24) is 10.3 Å². The third kappa shape index (κ3) is 3.23. The molecule has 1 rings (SSSR count). The van der Waals surface area contributed by atoms with Gasteiger partial charge in [0.25, 0.3) is 5.91 Å². The van der Waals surface area contributed by atoms with Gasteiger partial charge in [0.15, 0.2) is 0 Å². The van der Waals surface area contributed by atoms with Gasteiger partial charge < -0.3 is 15.4 Å². The lowest BCUT2D eigenvalue weighted by molar-refractivity contribution is -0.144. The standard InChI is InChI=1S/C11H15ClN2O3/c1-3-4-11(2,10(16)17)14-9(15)8-5-7(12)6-13-8/h5-6,13H,3-4H2,1-2H3,(H,14,15)(H,16,17). The van der Waals surface area contributed by atoms with Gasteiger partial charge in [-0.2, -0.15) is 0 Å². The van der Waals surface area contributed by atoms with E-state index >= 15 is 0 Å². The van der Waals surface area contributed by atoms with Gasteiger partial charge in [0.1, 0.15) is 11.2 Å². The number of aromatic amines is 1. The molecule has 0 saturated heterocycles. The molecule has 0 bridgehead atoms. The smallest absolute Gasteiger partial charge is 0.329 e. The molecule has 17 heavy (non-hydrogen) atoms. The topological polar surface area (TPSA) is 82.2 Å². The van der Waals surface area contributed by atoms with E-state index in [1.54, 1.807) is 0 Å². The molecule has 0 aliphatic heterocycles. The second kappa shape index (κ2) is 5.23. The summed E-state index contributed by atoms with van der Waals surface area (Å²) in [6, 6.07) is 1.45. The van der Waals surface area contributed by atoms with Crippen LogP contribution in [-0.2, 0) is 4.79 Å². The molecule has 0 spiro atoms. The Kier molecular flexibility index (Phi) is 4.17. The van der Waals surface area contributed by atoms with Crippen LogP contribution in [0, 0.1) is 0 Å². The average Bonchev–Trinajstić information content (AvgIpc) is 2.65. The maximum absolute atomic E-state index is 11.8. The van der Waals surface area contributed by atoms with Crippen molar-refractivity contribution >= 4 is 23.5 Å². The highest BCUT2D eigenvalue weighted by atomic mass is 35.5. The molecule has 0 radical (unpaired) electrons. The van der Waals surface area contributed by atoms with E-state index < -0.39 is 17.4 Å². The lowest BCUT2D eigenvalue weighted by Gasteiger charge is -2.25. The molecule has 0 aliphatic carbocycles. The number of halogens is 1. The van der Waals surface area contributed by atoms with Crippen LogP contribution in [0.15, 0.2) is 12.3 Å². The van der Waals surface area contributed by atoms with Crippen LogP contribution >= 0.6 is 11.6 Å². The molecule has 1 aromatic heterocycles. The number of carboxylic acids is 1. The fourth-order valence-corrected chi connectivity index (χ4v) is 1.70. The van der Waals surface area contributed by atoms with Crippen molar-refractivity contribution in [2.24, 2.45) is 0 Å². The third-order valence-electron chi connectivity index (χ3n) is 2.50. The molecule has 0 fully saturated rings. The van der Waals surface area contributed by atoms with Gasteiger partial charge in [-0.15, -0.1) is 0 Å². The number of carbonyl (C=O) groups excluding carboxylic acids is 1. The summed E-state index contributed by atoms with van der Waals surface area (Å²) in [6.45, 7) is 3.35. The number of aliphatic carboxylic acids is 1. The van der Waals surface area contributed by atoms with Crippen molar-refractivity contribution in [3.63, 3.8) is 0 Å². The van der Waals surface area contributed by atoms with E-state index in [1.807, 2.05) is 6.92 Å². The molecule has 0 aliphatic rings. The monoisotopic (exact) mass is 258 g/mol. The van der Waals surface area contributed by atoms with E-state index in [0.29, 0.717) is 17.9 Å². The summed E-state index contributed by atoms with van der Waals surface area (Å²) in [7, 11) is 0. The molecule has 1 atom stereocenters. The molecule has 6 heteroatoms.